The van der Waals surface area contributed by atoms with Crippen LogP contribution in [0.5, 0.6) is 0 Å². The molecule has 3 N–H and O–H groups in total. The summed E-state index contributed by atoms with van der Waals surface area (Å²) in [5.74, 6) is 0.775. The second kappa shape index (κ2) is 11.8. The van der Waals surface area contributed by atoms with Gasteiger partial charge in [0.15, 0.2) is 0 Å². The molecule has 7 aromatic carbocycles. The van der Waals surface area contributed by atoms with Gasteiger partial charge in [0.25, 0.3) is 0 Å². The van der Waals surface area contributed by atoms with Crippen molar-refractivity contribution >= 4 is 69.9 Å². The molecule has 9 rings (SSSR count). The molecule has 4 nitrogen and oxygen atoms in total. The van der Waals surface area contributed by atoms with E-state index < -0.39 is 6.17 Å². The van der Waals surface area contributed by atoms with Gasteiger partial charge in [-0.1, -0.05) is 133 Å². The van der Waals surface area contributed by atoms with Crippen LogP contribution in [0.25, 0.3) is 58.4 Å². The molecule has 0 radical (unpaired) electrons. The number of rotatable bonds is 6. The van der Waals surface area contributed by atoms with Crippen LogP contribution in [0.4, 0.5) is 0 Å². The first-order chi connectivity index (χ1) is 23.7. The molecule has 0 aliphatic carbocycles. The summed E-state index contributed by atoms with van der Waals surface area (Å²) >= 11 is 1.88. The smallest absolute Gasteiger partial charge is 0.130 e. The maximum Gasteiger partial charge on any atom is 0.130 e. The van der Waals surface area contributed by atoms with Gasteiger partial charge < -0.3 is 15.6 Å². The summed E-state index contributed by atoms with van der Waals surface area (Å²) in [6.07, 6.45) is -0.440. The highest BCUT2D eigenvalue weighted by atomic mass is 32.1. The van der Waals surface area contributed by atoms with Crippen molar-refractivity contribution < 1.29 is 0 Å². The van der Waals surface area contributed by atoms with Crippen LogP contribution in [-0.4, -0.2) is 10.4 Å². The molecule has 0 amide bonds. The zero-order valence-electron chi connectivity index (χ0n) is 26.2. The molecular formula is C43H32N4S. The van der Waals surface area contributed by atoms with E-state index >= 15 is 0 Å². The molecule has 230 valence electrons. The summed E-state index contributed by atoms with van der Waals surface area (Å²) < 4.78 is 5.05. The molecule has 0 spiro atoms. The van der Waals surface area contributed by atoms with Gasteiger partial charge in [0, 0.05) is 37.5 Å². The minimum Gasteiger partial charge on any atom is -0.351 e. The van der Waals surface area contributed by atoms with Crippen molar-refractivity contribution in [1.82, 2.24) is 9.88 Å². The number of nitrogens with zero attached hydrogens (tertiary/aromatic N) is 2. The number of aromatic nitrogens is 1. The fourth-order valence-corrected chi connectivity index (χ4v) is 8.28. The summed E-state index contributed by atoms with van der Waals surface area (Å²) in [6, 6.07) is 55.6. The van der Waals surface area contributed by atoms with E-state index in [1.807, 2.05) is 47.7 Å². The number of benzene rings is 7. The molecule has 0 bridgehead atoms. The molecule has 1 unspecified atom stereocenters. The van der Waals surface area contributed by atoms with Gasteiger partial charge in [0.2, 0.25) is 0 Å². The van der Waals surface area contributed by atoms with Crippen molar-refractivity contribution in [3.05, 3.63) is 174 Å². The first kappa shape index (κ1) is 28.5. The van der Waals surface area contributed by atoms with Gasteiger partial charge in [0.05, 0.1) is 22.3 Å². The van der Waals surface area contributed by atoms with Gasteiger partial charge >= 0.3 is 0 Å². The van der Waals surface area contributed by atoms with Crippen LogP contribution in [0, 0.1) is 0 Å². The van der Waals surface area contributed by atoms with Crippen LogP contribution in [0.1, 0.15) is 22.9 Å². The minimum absolute atomic E-state index is 0.440. The summed E-state index contributed by atoms with van der Waals surface area (Å²) in [4.78, 5) is 4.95. The lowest BCUT2D eigenvalue weighted by molar-refractivity contribution is 0.678. The highest BCUT2D eigenvalue weighted by Crippen LogP contribution is 2.47. The number of nitrogens with two attached hydrogens (primary N) is 1. The Morgan fingerprint density at radius 2 is 1.23 bits per heavy atom. The Labute approximate surface area is 282 Å². The summed E-state index contributed by atoms with van der Waals surface area (Å²) in [5, 5.41) is 11.3. The summed E-state index contributed by atoms with van der Waals surface area (Å²) in [6.45, 7) is 0.568. The van der Waals surface area contributed by atoms with Crippen molar-refractivity contribution in [3.8, 4) is 5.69 Å². The third-order valence-electron chi connectivity index (χ3n) is 9.26. The number of para-hydroxylation sites is 1. The molecule has 0 aliphatic rings. The van der Waals surface area contributed by atoms with Gasteiger partial charge in [-0.25, -0.2) is 0 Å². The number of hydrogen-bond donors (Lipinski definition) is 2. The van der Waals surface area contributed by atoms with E-state index in [0.29, 0.717) is 6.54 Å². The maximum absolute atomic E-state index is 6.83. The van der Waals surface area contributed by atoms with Gasteiger partial charge in [-0.05, 0) is 46.2 Å². The van der Waals surface area contributed by atoms with Crippen LogP contribution in [-0.2, 0) is 6.54 Å². The topological polar surface area (TPSA) is 55.3 Å². The Morgan fingerprint density at radius 1 is 0.625 bits per heavy atom. The van der Waals surface area contributed by atoms with Crippen molar-refractivity contribution in [2.75, 3.05) is 0 Å². The Morgan fingerprint density at radius 3 is 1.98 bits per heavy atom. The van der Waals surface area contributed by atoms with Gasteiger partial charge in [0.1, 0.15) is 12.0 Å². The van der Waals surface area contributed by atoms with Crippen molar-refractivity contribution in [3.63, 3.8) is 0 Å². The fraction of sp³-hybridized carbons (Fsp3) is 0.0465. The fourth-order valence-electron chi connectivity index (χ4n) is 7.03. The van der Waals surface area contributed by atoms with Crippen molar-refractivity contribution in [2.45, 2.75) is 12.7 Å². The molecule has 5 heteroatoms. The SMILES string of the molecule is NC(N/C(=N\Cc1ccccc1)c1ccccc1)c1ccc(-n2c3ccccc3c3c4ccccc4c4c5ccccc5sc4c32)cc1. The van der Waals surface area contributed by atoms with Crippen LogP contribution in [0.3, 0.4) is 0 Å². The lowest BCUT2D eigenvalue weighted by Gasteiger charge is -2.19. The molecule has 9 aromatic rings. The van der Waals surface area contributed by atoms with Crippen LogP contribution < -0.4 is 11.1 Å². The van der Waals surface area contributed by atoms with Crippen LogP contribution in [0.15, 0.2) is 163 Å². The largest absolute Gasteiger partial charge is 0.351 e. The number of nitrogens with one attached hydrogen (secondary N) is 1. The zero-order chi connectivity index (χ0) is 32.0. The van der Waals surface area contributed by atoms with Gasteiger partial charge in [-0.15, -0.1) is 11.3 Å². The number of hydrogen-bond acceptors (Lipinski definition) is 3. The zero-order valence-corrected chi connectivity index (χ0v) is 27.0. The Balaban J connectivity index is 1.16. The van der Waals surface area contributed by atoms with Gasteiger partial charge in [-0.3, -0.25) is 4.99 Å². The monoisotopic (exact) mass is 636 g/mol. The summed E-state index contributed by atoms with van der Waals surface area (Å²) in [5.41, 5.74) is 13.5. The lowest BCUT2D eigenvalue weighted by Crippen LogP contribution is -2.34. The minimum atomic E-state index is -0.440. The molecule has 0 aliphatic heterocycles. The Hall–Kier alpha value is -5.75. The standard InChI is InChI=1S/C43H32N4S/c44-42(46-43(30-15-5-2-6-16-30)45-27-28-13-3-1-4-14-28)29-23-25-31(26-24-29)47-36-21-11-9-19-34(36)38-32-17-7-8-18-33(32)39-35-20-10-12-22-37(35)48-41(39)40(38)47/h1-26,42H,27,44H2,(H,45,46). The first-order valence-corrected chi connectivity index (χ1v) is 17.1. The lowest BCUT2D eigenvalue weighted by atomic mass is 9.99. The average Bonchev–Trinajstić information content (AvgIpc) is 3.71. The second-order valence-corrected chi connectivity index (χ2v) is 13.2. The number of thiophene rings is 1. The highest BCUT2D eigenvalue weighted by Gasteiger charge is 2.21. The number of amidine groups is 1. The van der Waals surface area contributed by atoms with Crippen LogP contribution >= 0.6 is 11.3 Å². The van der Waals surface area contributed by atoms with E-state index in [0.717, 1.165) is 28.2 Å². The van der Waals surface area contributed by atoms with E-state index in [1.54, 1.807) is 0 Å². The third kappa shape index (κ3) is 4.75. The molecule has 0 fully saturated rings. The third-order valence-corrected chi connectivity index (χ3v) is 10.4. The Kier molecular flexibility index (Phi) is 7.00. The Bertz CT molecular complexity index is 2620. The van der Waals surface area contributed by atoms with Gasteiger partial charge in [-0.2, -0.15) is 0 Å². The molecule has 0 saturated heterocycles. The van der Waals surface area contributed by atoms with Crippen LogP contribution in [0.2, 0.25) is 0 Å². The average molecular weight is 637 g/mol. The molecule has 0 saturated carbocycles. The van der Waals surface area contributed by atoms with E-state index in [9.17, 15) is 0 Å². The predicted molar refractivity (Wildman–Crippen MR) is 204 cm³/mol. The van der Waals surface area contributed by atoms with E-state index in [1.165, 1.54) is 52.8 Å². The molecular weight excluding hydrogens is 605 g/mol. The molecule has 48 heavy (non-hydrogen) atoms. The van der Waals surface area contributed by atoms with E-state index in [2.05, 4.69) is 131 Å². The summed E-state index contributed by atoms with van der Waals surface area (Å²) in [7, 11) is 0. The number of fused-ring (bicyclic) bond motifs is 10. The normalized spacial score (nSPS) is 12.8. The van der Waals surface area contributed by atoms with E-state index in [4.69, 9.17) is 10.7 Å². The quantitative estimate of drug-likeness (QED) is 0.108. The molecule has 2 heterocycles. The first-order valence-electron chi connectivity index (χ1n) is 16.3. The highest BCUT2D eigenvalue weighted by molar-refractivity contribution is 7.27. The van der Waals surface area contributed by atoms with E-state index in [-0.39, 0.29) is 0 Å². The number of aliphatic imine (C=N–C) groups is 1. The van der Waals surface area contributed by atoms with Crippen molar-refractivity contribution in [1.29, 1.82) is 0 Å². The predicted octanol–water partition coefficient (Wildman–Crippen LogP) is 10.5. The van der Waals surface area contributed by atoms with Crippen molar-refractivity contribution in [2.24, 2.45) is 10.7 Å². The molecule has 1 atom stereocenters. The molecule has 2 aromatic heterocycles. The maximum atomic E-state index is 6.83. The second-order valence-electron chi connectivity index (χ2n) is 12.2.